The van der Waals surface area contributed by atoms with E-state index >= 15 is 0 Å². The monoisotopic (exact) mass is 674 g/mol. The van der Waals surface area contributed by atoms with Crippen molar-refractivity contribution in [2.24, 2.45) is 15.4 Å². The first-order valence-electron chi connectivity index (χ1n) is 17.8. The van der Waals surface area contributed by atoms with Crippen molar-refractivity contribution in [3.63, 3.8) is 0 Å². The zero-order chi connectivity index (χ0) is 34.4. The van der Waals surface area contributed by atoms with Crippen LogP contribution in [-0.4, -0.2) is 16.8 Å². The van der Waals surface area contributed by atoms with Crippen LogP contribution in [0.2, 0.25) is 0 Å². The van der Waals surface area contributed by atoms with Gasteiger partial charge in [0.1, 0.15) is 0 Å². The van der Waals surface area contributed by atoms with Crippen molar-refractivity contribution in [3.8, 4) is 11.1 Å². The van der Waals surface area contributed by atoms with Crippen molar-refractivity contribution in [2.75, 3.05) is 0 Å². The molecule has 9 rings (SSSR count). The standard InChI is InChI=1S/C48H38N2S/c1-48(2)45(36-18-10-5-11-19-36)49-47(38-28-24-33(25-29-38)32-14-6-3-7-15-32)50-46(48)37-26-22-34(23-27-37)39-30-41(35-16-8-4-9-17-35)44-40-20-12-13-21-42(40)51-43(44)31-39/h3-31,43-44,46H,1-2H3. The lowest BCUT2D eigenvalue weighted by molar-refractivity contribution is 0.412. The van der Waals surface area contributed by atoms with Gasteiger partial charge in [-0.25, -0.2) is 4.99 Å². The fraction of sp³-hybridized carbons (Fsp3) is 0.125. The van der Waals surface area contributed by atoms with Crippen LogP contribution in [0.1, 0.15) is 59.2 Å². The topological polar surface area (TPSA) is 24.7 Å². The first-order valence-corrected chi connectivity index (χ1v) is 18.6. The summed E-state index contributed by atoms with van der Waals surface area (Å²) in [5.74, 6) is 1.13. The first-order chi connectivity index (χ1) is 25.0. The molecule has 0 saturated carbocycles. The van der Waals surface area contributed by atoms with Crippen molar-refractivity contribution >= 4 is 34.5 Å². The molecule has 2 aliphatic heterocycles. The molecule has 3 atom stereocenters. The zero-order valence-electron chi connectivity index (χ0n) is 28.8. The molecule has 0 aromatic heterocycles. The van der Waals surface area contributed by atoms with Gasteiger partial charge in [-0.1, -0.05) is 184 Å². The van der Waals surface area contributed by atoms with Gasteiger partial charge in [0.15, 0.2) is 5.84 Å². The van der Waals surface area contributed by atoms with Gasteiger partial charge in [0.25, 0.3) is 0 Å². The molecule has 2 heterocycles. The second-order valence-corrected chi connectivity index (χ2v) is 15.4. The van der Waals surface area contributed by atoms with Crippen molar-refractivity contribution in [3.05, 3.63) is 209 Å². The summed E-state index contributed by atoms with van der Waals surface area (Å²) >= 11 is 1.99. The van der Waals surface area contributed by atoms with Crippen LogP contribution in [0.25, 0.3) is 22.3 Å². The largest absolute Gasteiger partial charge is 0.257 e. The molecule has 51 heavy (non-hydrogen) atoms. The molecule has 3 heteroatoms. The minimum absolute atomic E-state index is 0.108. The zero-order valence-corrected chi connectivity index (χ0v) is 29.6. The Morgan fingerprint density at radius 1 is 0.529 bits per heavy atom. The Morgan fingerprint density at radius 2 is 1.08 bits per heavy atom. The summed E-state index contributed by atoms with van der Waals surface area (Å²) in [6.45, 7) is 4.56. The minimum Gasteiger partial charge on any atom is -0.257 e. The van der Waals surface area contributed by atoms with E-state index in [0.29, 0.717) is 11.2 Å². The summed E-state index contributed by atoms with van der Waals surface area (Å²) in [4.78, 5) is 12.1. The average Bonchev–Trinajstić information content (AvgIpc) is 3.57. The molecule has 0 radical (unpaired) electrons. The lowest BCUT2D eigenvalue weighted by Crippen LogP contribution is -2.36. The molecular weight excluding hydrogens is 637 g/mol. The second-order valence-electron chi connectivity index (χ2n) is 14.2. The molecule has 0 bridgehead atoms. The number of hydrogen-bond acceptors (Lipinski definition) is 3. The summed E-state index contributed by atoms with van der Waals surface area (Å²) in [6, 6.07) is 58.6. The van der Waals surface area contributed by atoms with Gasteiger partial charge in [-0.05, 0) is 56.2 Å². The quantitative estimate of drug-likeness (QED) is 0.173. The van der Waals surface area contributed by atoms with Gasteiger partial charge in [-0.15, -0.1) is 11.8 Å². The van der Waals surface area contributed by atoms with E-state index in [2.05, 4.69) is 190 Å². The molecule has 0 fully saturated rings. The predicted molar refractivity (Wildman–Crippen MR) is 216 cm³/mol. The van der Waals surface area contributed by atoms with Crippen LogP contribution in [0.15, 0.2) is 191 Å². The maximum atomic E-state index is 5.41. The molecule has 3 aliphatic rings. The van der Waals surface area contributed by atoms with Crippen LogP contribution in [0.5, 0.6) is 0 Å². The lowest BCUT2D eigenvalue weighted by atomic mass is 9.73. The molecule has 6 aromatic rings. The third-order valence-corrected chi connectivity index (χ3v) is 11.9. The van der Waals surface area contributed by atoms with E-state index in [1.165, 1.54) is 49.4 Å². The van der Waals surface area contributed by atoms with E-state index < -0.39 is 0 Å². The SMILES string of the molecule is CC1(C)C(c2ccccc2)=NC(c2ccc(-c3ccccc3)cc2)=NC1c1ccc(C2=CC3Sc4ccccc4C3C(c3ccccc3)=C2)cc1. The first kappa shape index (κ1) is 31.5. The molecule has 1 aliphatic carbocycles. The Kier molecular flexibility index (Phi) is 8.01. The van der Waals surface area contributed by atoms with Crippen molar-refractivity contribution in [2.45, 2.75) is 36.0 Å². The maximum Gasteiger partial charge on any atom is 0.155 e. The van der Waals surface area contributed by atoms with Crippen LogP contribution in [0.3, 0.4) is 0 Å². The van der Waals surface area contributed by atoms with E-state index in [1.807, 2.05) is 11.8 Å². The third-order valence-electron chi connectivity index (χ3n) is 10.6. The Labute approximate surface area is 305 Å². The Morgan fingerprint density at radius 3 is 1.76 bits per heavy atom. The van der Waals surface area contributed by atoms with Gasteiger partial charge in [-0.2, -0.15) is 0 Å². The highest BCUT2D eigenvalue weighted by molar-refractivity contribution is 8.00. The fourth-order valence-electron chi connectivity index (χ4n) is 7.92. The molecule has 0 saturated heterocycles. The van der Waals surface area contributed by atoms with Crippen LogP contribution in [0.4, 0.5) is 0 Å². The molecule has 0 spiro atoms. The lowest BCUT2D eigenvalue weighted by Gasteiger charge is -2.37. The van der Waals surface area contributed by atoms with E-state index in [1.54, 1.807) is 0 Å². The number of fused-ring (bicyclic) bond motifs is 3. The van der Waals surface area contributed by atoms with Gasteiger partial charge in [-0.3, -0.25) is 4.99 Å². The fourth-order valence-corrected chi connectivity index (χ4v) is 9.35. The summed E-state index contributed by atoms with van der Waals surface area (Å²) in [7, 11) is 0. The highest BCUT2D eigenvalue weighted by Gasteiger charge is 2.40. The number of rotatable bonds is 6. The number of aliphatic imine (C=N–C) groups is 2. The number of amidine groups is 1. The third kappa shape index (κ3) is 5.82. The van der Waals surface area contributed by atoms with Crippen LogP contribution >= 0.6 is 11.8 Å². The normalized spacial score (nSPS) is 20.3. The predicted octanol–water partition coefficient (Wildman–Crippen LogP) is 12.1. The van der Waals surface area contributed by atoms with Gasteiger partial charge in [0.05, 0.1) is 11.8 Å². The highest BCUT2D eigenvalue weighted by Crippen LogP contribution is 2.55. The molecular formula is C48H38N2S. The maximum absolute atomic E-state index is 5.41. The molecule has 2 nitrogen and oxygen atoms in total. The van der Waals surface area contributed by atoms with Gasteiger partial charge in [0, 0.05) is 27.0 Å². The minimum atomic E-state index is -0.333. The Bertz CT molecular complexity index is 2330. The van der Waals surface area contributed by atoms with E-state index in [4.69, 9.17) is 9.98 Å². The summed E-state index contributed by atoms with van der Waals surface area (Å²) in [6.07, 6.45) is 4.91. The number of hydrogen-bond donors (Lipinski definition) is 0. The average molecular weight is 675 g/mol. The van der Waals surface area contributed by atoms with E-state index in [9.17, 15) is 0 Å². The van der Waals surface area contributed by atoms with Gasteiger partial charge >= 0.3 is 0 Å². The van der Waals surface area contributed by atoms with Crippen LogP contribution in [0, 0.1) is 5.41 Å². The Balaban J connectivity index is 1.09. The number of benzene rings is 6. The molecule has 246 valence electrons. The van der Waals surface area contributed by atoms with Gasteiger partial charge < -0.3 is 0 Å². The van der Waals surface area contributed by atoms with Crippen molar-refractivity contribution < 1.29 is 0 Å². The molecule has 3 unspecified atom stereocenters. The smallest absolute Gasteiger partial charge is 0.155 e. The summed E-state index contributed by atoms with van der Waals surface area (Å²) in [5.41, 5.74) is 13.1. The van der Waals surface area contributed by atoms with Crippen LogP contribution in [-0.2, 0) is 0 Å². The van der Waals surface area contributed by atoms with Crippen LogP contribution < -0.4 is 0 Å². The number of allylic oxidation sites excluding steroid dienone is 3. The van der Waals surface area contributed by atoms with Crippen molar-refractivity contribution in [1.82, 2.24) is 0 Å². The molecule has 0 amide bonds. The number of thioether (sulfide) groups is 1. The van der Waals surface area contributed by atoms with Crippen molar-refractivity contribution in [1.29, 1.82) is 0 Å². The van der Waals surface area contributed by atoms with E-state index in [0.717, 1.165) is 22.7 Å². The second kappa shape index (κ2) is 13.0. The summed E-state index contributed by atoms with van der Waals surface area (Å²) < 4.78 is 0. The summed E-state index contributed by atoms with van der Waals surface area (Å²) in [5, 5.41) is 0.361. The van der Waals surface area contributed by atoms with E-state index in [-0.39, 0.29) is 11.5 Å². The highest BCUT2D eigenvalue weighted by atomic mass is 32.2. The Hall–Kier alpha value is -5.51. The van der Waals surface area contributed by atoms with Gasteiger partial charge in [0.2, 0.25) is 0 Å². The molecule has 0 N–H and O–H groups in total. The number of nitrogens with zero attached hydrogens (tertiary/aromatic N) is 2. The molecule has 6 aromatic carbocycles.